The van der Waals surface area contributed by atoms with Gasteiger partial charge >= 0.3 is 0 Å². The molecule has 0 spiro atoms. The van der Waals surface area contributed by atoms with Gasteiger partial charge in [0.05, 0.1) is 13.2 Å². The Morgan fingerprint density at radius 2 is 1.81 bits per heavy atom. The topological polar surface area (TPSA) is 82.5 Å². The summed E-state index contributed by atoms with van der Waals surface area (Å²) in [5.74, 6) is 0.759. The highest BCUT2D eigenvalue weighted by Gasteiger charge is 2.24. The molecule has 9 nitrogen and oxygen atoms in total. The van der Waals surface area contributed by atoms with Crippen LogP contribution >= 0.6 is 0 Å². The Balaban J connectivity index is 1.75. The fraction of sp³-hybridized carbons (Fsp3) is 0.478. The van der Waals surface area contributed by atoms with Crippen LogP contribution in [0.5, 0.6) is 11.5 Å². The standard InChI is InChI=1S/C23H31N3O6/c1-24-9-4-6-19(24)15-25(11-13-30-3)22(27)16-26(10-5-12-29-2)23(28)18-7-8-20-21(14-18)32-17-31-20/h4,6-9,14H,5,10-13,15-17H2,1-3H3. The molecule has 0 aliphatic carbocycles. The van der Waals surface area contributed by atoms with Crippen LogP contribution in [0, 0.1) is 0 Å². The van der Waals surface area contributed by atoms with Crippen molar-refractivity contribution in [3.05, 3.63) is 47.8 Å². The average Bonchev–Trinajstić information content (AvgIpc) is 3.43. The van der Waals surface area contributed by atoms with Crippen LogP contribution in [0.1, 0.15) is 22.5 Å². The van der Waals surface area contributed by atoms with Gasteiger partial charge < -0.3 is 33.3 Å². The predicted octanol–water partition coefficient (Wildman–Crippen LogP) is 1.91. The number of hydrogen-bond donors (Lipinski definition) is 0. The van der Waals surface area contributed by atoms with Gasteiger partial charge in [-0.15, -0.1) is 0 Å². The molecule has 0 bridgehead atoms. The van der Waals surface area contributed by atoms with Crippen molar-refractivity contribution in [2.45, 2.75) is 13.0 Å². The fourth-order valence-electron chi connectivity index (χ4n) is 3.48. The monoisotopic (exact) mass is 445 g/mol. The quantitative estimate of drug-likeness (QED) is 0.464. The number of benzene rings is 1. The van der Waals surface area contributed by atoms with Gasteiger partial charge in [-0.3, -0.25) is 9.59 Å². The van der Waals surface area contributed by atoms with E-state index in [0.717, 1.165) is 5.69 Å². The maximum Gasteiger partial charge on any atom is 0.254 e. The van der Waals surface area contributed by atoms with E-state index in [4.69, 9.17) is 18.9 Å². The summed E-state index contributed by atoms with van der Waals surface area (Å²) in [6.07, 6.45) is 2.56. The Morgan fingerprint density at radius 1 is 1.03 bits per heavy atom. The van der Waals surface area contributed by atoms with Crippen LogP contribution in [0.2, 0.25) is 0 Å². The molecule has 2 amide bonds. The summed E-state index contributed by atoms with van der Waals surface area (Å²) < 4.78 is 23.0. The molecule has 0 radical (unpaired) electrons. The van der Waals surface area contributed by atoms with Crippen LogP contribution in [0.25, 0.3) is 0 Å². The molecule has 3 rings (SSSR count). The van der Waals surface area contributed by atoms with Gasteiger partial charge in [-0.1, -0.05) is 0 Å². The van der Waals surface area contributed by atoms with E-state index in [1.165, 1.54) is 0 Å². The molecule has 0 unspecified atom stereocenters. The van der Waals surface area contributed by atoms with E-state index < -0.39 is 0 Å². The number of ether oxygens (including phenoxy) is 4. The second-order valence-corrected chi connectivity index (χ2v) is 7.56. The first kappa shape index (κ1) is 23.6. The summed E-state index contributed by atoms with van der Waals surface area (Å²) in [4.78, 5) is 29.8. The molecule has 0 saturated carbocycles. The first-order valence-electron chi connectivity index (χ1n) is 10.6. The van der Waals surface area contributed by atoms with Crippen molar-refractivity contribution in [3.8, 4) is 11.5 Å². The van der Waals surface area contributed by atoms with Crippen molar-refractivity contribution in [1.29, 1.82) is 0 Å². The number of aryl methyl sites for hydroxylation is 1. The smallest absolute Gasteiger partial charge is 0.254 e. The summed E-state index contributed by atoms with van der Waals surface area (Å²) >= 11 is 0. The lowest BCUT2D eigenvalue weighted by Gasteiger charge is -2.28. The van der Waals surface area contributed by atoms with Gasteiger partial charge in [0.15, 0.2) is 11.5 Å². The molecule has 2 heterocycles. The minimum atomic E-state index is -0.238. The van der Waals surface area contributed by atoms with Crippen LogP contribution < -0.4 is 9.47 Å². The van der Waals surface area contributed by atoms with Crippen LogP contribution in [0.4, 0.5) is 0 Å². The highest BCUT2D eigenvalue weighted by Crippen LogP contribution is 2.32. The Kier molecular flexibility index (Phi) is 8.52. The normalized spacial score (nSPS) is 12.1. The number of aromatic nitrogens is 1. The summed E-state index contributed by atoms with van der Waals surface area (Å²) in [5, 5.41) is 0. The molecule has 0 N–H and O–H groups in total. The number of amides is 2. The highest BCUT2D eigenvalue weighted by atomic mass is 16.7. The molecule has 0 atom stereocenters. The van der Waals surface area contributed by atoms with Crippen molar-refractivity contribution in [1.82, 2.24) is 14.4 Å². The number of fused-ring (bicyclic) bond motifs is 1. The van der Waals surface area contributed by atoms with Crippen LogP contribution in [-0.2, 0) is 27.9 Å². The molecule has 1 aromatic heterocycles. The molecule has 9 heteroatoms. The minimum absolute atomic E-state index is 0.0366. The average molecular weight is 446 g/mol. The van der Waals surface area contributed by atoms with Gasteiger partial charge in [0, 0.05) is 58.4 Å². The molecule has 2 aromatic rings. The number of rotatable bonds is 12. The van der Waals surface area contributed by atoms with E-state index in [0.29, 0.717) is 56.3 Å². The number of hydrogen-bond acceptors (Lipinski definition) is 6. The van der Waals surface area contributed by atoms with Crippen molar-refractivity contribution in [2.24, 2.45) is 7.05 Å². The summed E-state index contributed by atoms with van der Waals surface area (Å²) in [6, 6.07) is 8.97. The minimum Gasteiger partial charge on any atom is -0.454 e. The predicted molar refractivity (Wildman–Crippen MR) is 118 cm³/mol. The van der Waals surface area contributed by atoms with E-state index in [-0.39, 0.29) is 25.2 Å². The molecule has 32 heavy (non-hydrogen) atoms. The number of carbonyl (C=O) groups is 2. The Hall–Kier alpha value is -3.04. The van der Waals surface area contributed by atoms with Crippen molar-refractivity contribution < 1.29 is 28.5 Å². The molecule has 0 fully saturated rings. The number of methoxy groups -OCH3 is 2. The summed E-state index contributed by atoms with van der Waals surface area (Å²) in [5.41, 5.74) is 1.45. The summed E-state index contributed by atoms with van der Waals surface area (Å²) in [6.45, 7) is 2.28. The Bertz CT molecular complexity index is 913. The van der Waals surface area contributed by atoms with Gasteiger partial charge in [0.25, 0.3) is 5.91 Å². The molecule has 1 aliphatic rings. The van der Waals surface area contributed by atoms with Gasteiger partial charge in [-0.2, -0.15) is 0 Å². The molecule has 0 saturated heterocycles. The Labute approximate surface area is 188 Å². The first-order chi connectivity index (χ1) is 15.5. The SMILES string of the molecule is COCCCN(CC(=O)N(CCOC)Cc1cccn1C)C(=O)c1ccc2c(c1)OCO2. The number of nitrogens with zero attached hydrogens (tertiary/aromatic N) is 3. The van der Waals surface area contributed by atoms with E-state index in [2.05, 4.69) is 0 Å². The molecule has 1 aromatic carbocycles. The largest absolute Gasteiger partial charge is 0.454 e. The summed E-state index contributed by atoms with van der Waals surface area (Å²) in [7, 11) is 5.15. The molecular formula is C23H31N3O6. The first-order valence-corrected chi connectivity index (χ1v) is 10.6. The lowest BCUT2D eigenvalue weighted by molar-refractivity contribution is -0.133. The van der Waals surface area contributed by atoms with Gasteiger partial charge in [0.2, 0.25) is 12.7 Å². The molecule has 174 valence electrons. The lowest BCUT2D eigenvalue weighted by atomic mass is 10.1. The highest BCUT2D eigenvalue weighted by molar-refractivity contribution is 5.97. The molecule has 1 aliphatic heterocycles. The zero-order valence-corrected chi connectivity index (χ0v) is 18.9. The van der Waals surface area contributed by atoms with Gasteiger partial charge in [0.1, 0.15) is 6.54 Å². The van der Waals surface area contributed by atoms with Crippen LogP contribution in [0.3, 0.4) is 0 Å². The van der Waals surface area contributed by atoms with E-state index in [1.54, 1.807) is 42.2 Å². The maximum atomic E-state index is 13.3. The lowest BCUT2D eigenvalue weighted by Crippen LogP contribution is -2.44. The zero-order valence-electron chi connectivity index (χ0n) is 18.9. The third kappa shape index (κ3) is 6.02. The van der Waals surface area contributed by atoms with Gasteiger partial charge in [-0.05, 0) is 36.8 Å². The number of carbonyl (C=O) groups excluding carboxylic acids is 2. The van der Waals surface area contributed by atoms with Crippen LogP contribution in [0.15, 0.2) is 36.5 Å². The van der Waals surface area contributed by atoms with E-state index >= 15 is 0 Å². The second-order valence-electron chi connectivity index (χ2n) is 7.56. The third-order valence-corrected chi connectivity index (χ3v) is 5.33. The van der Waals surface area contributed by atoms with E-state index in [9.17, 15) is 9.59 Å². The molecular weight excluding hydrogens is 414 g/mol. The maximum absolute atomic E-state index is 13.3. The third-order valence-electron chi connectivity index (χ3n) is 5.33. The van der Waals surface area contributed by atoms with E-state index in [1.807, 2.05) is 29.9 Å². The van der Waals surface area contributed by atoms with Crippen molar-refractivity contribution in [3.63, 3.8) is 0 Å². The van der Waals surface area contributed by atoms with Crippen molar-refractivity contribution in [2.75, 3.05) is 53.9 Å². The van der Waals surface area contributed by atoms with Gasteiger partial charge in [-0.25, -0.2) is 0 Å². The van der Waals surface area contributed by atoms with Crippen molar-refractivity contribution >= 4 is 11.8 Å². The second kappa shape index (κ2) is 11.5. The van der Waals surface area contributed by atoms with Crippen LogP contribution in [-0.4, -0.2) is 80.0 Å². The zero-order chi connectivity index (χ0) is 22.9. The fourth-order valence-corrected chi connectivity index (χ4v) is 3.48. The Morgan fingerprint density at radius 3 is 2.53 bits per heavy atom.